The van der Waals surface area contributed by atoms with Crippen LogP contribution in [0.3, 0.4) is 0 Å². The maximum atomic E-state index is 6.25. The fraction of sp³-hybridized carbons (Fsp3) is 0.733. The van der Waals surface area contributed by atoms with Crippen molar-refractivity contribution in [3.8, 4) is 0 Å². The van der Waals surface area contributed by atoms with Gasteiger partial charge in [-0.3, -0.25) is 0 Å². The Labute approximate surface area is 121 Å². The van der Waals surface area contributed by atoms with Crippen molar-refractivity contribution in [3.63, 3.8) is 0 Å². The normalized spacial score (nSPS) is 15.5. The summed E-state index contributed by atoms with van der Waals surface area (Å²) in [7, 11) is 0. The highest BCUT2D eigenvalue weighted by Crippen LogP contribution is 2.31. The highest BCUT2D eigenvalue weighted by Gasteiger charge is 2.27. The second-order valence-corrected chi connectivity index (χ2v) is 7.72. The van der Waals surface area contributed by atoms with Crippen molar-refractivity contribution in [1.29, 1.82) is 0 Å². The molecule has 1 aliphatic rings. The number of aryl methyl sites for hydroxylation is 1. The molecule has 19 heavy (non-hydrogen) atoms. The van der Waals surface area contributed by atoms with Crippen LogP contribution >= 0.6 is 11.6 Å². The van der Waals surface area contributed by atoms with E-state index in [4.69, 9.17) is 11.6 Å². The van der Waals surface area contributed by atoms with E-state index in [2.05, 4.69) is 49.9 Å². The topological polar surface area (TPSA) is 37.8 Å². The predicted octanol–water partition coefficient (Wildman–Crippen LogP) is 4.25. The molecule has 1 N–H and O–H groups in total. The lowest BCUT2D eigenvalue weighted by molar-refractivity contribution is 0.301. The molecule has 0 atom stereocenters. The first kappa shape index (κ1) is 14.6. The Morgan fingerprint density at radius 2 is 1.79 bits per heavy atom. The highest BCUT2D eigenvalue weighted by molar-refractivity contribution is 6.30. The number of hydrogen-bond acceptors (Lipinski definition) is 3. The molecule has 0 aliphatic heterocycles. The van der Waals surface area contributed by atoms with Crippen LogP contribution in [0, 0.1) is 5.41 Å². The van der Waals surface area contributed by atoms with E-state index < -0.39 is 0 Å². The van der Waals surface area contributed by atoms with Crippen LogP contribution in [0.4, 0.5) is 5.95 Å². The lowest BCUT2D eigenvalue weighted by atomic mass is 9.82. The number of nitrogens with one attached hydrogen (secondary N) is 1. The minimum atomic E-state index is -0.0472. The highest BCUT2D eigenvalue weighted by atomic mass is 35.5. The van der Waals surface area contributed by atoms with Crippen molar-refractivity contribution in [1.82, 2.24) is 9.97 Å². The summed E-state index contributed by atoms with van der Waals surface area (Å²) in [5.41, 5.74) is 2.47. The van der Waals surface area contributed by atoms with Gasteiger partial charge in [-0.2, -0.15) is 0 Å². The molecule has 0 fully saturated rings. The van der Waals surface area contributed by atoms with Crippen molar-refractivity contribution < 1.29 is 0 Å². The molecule has 1 aliphatic carbocycles. The van der Waals surface area contributed by atoms with Gasteiger partial charge in [0, 0.05) is 11.1 Å². The monoisotopic (exact) mass is 281 g/mol. The van der Waals surface area contributed by atoms with Gasteiger partial charge >= 0.3 is 0 Å². The summed E-state index contributed by atoms with van der Waals surface area (Å²) >= 11 is 6.25. The largest absolute Gasteiger partial charge is 0.349 e. The second kappa shape index (κ2) is 4.93. The van der Waals surface area contributed by atoms with Gasteiger partial charge in [0.2, 0.25) is 5.95 Å². The Hall–Kier alpha value is -0.830. The van der Waals surface area contributed by atoms with Crippen molar-refractivity contribution >= 4 is 17.5 Å². The molecule has 106 valence electrons. The number of hydrogen-bond donors (Lipinski definition) is 1. The Morgan fingerprint density at radius 1 is 1.11 bits per heavy atom. The van der Waals surface area contributed by atoms with E-state index in [0.29, 0.717) is 11.1 Å². The Morgan fingerprint density at radius 3 is 2.42 bits per heavy atom. The molecule has 1 heterocycles. The summed E-state index contributed by atoms with van der Waals surface area (Å²) in [6, 6.07) is 0. The van der Waals surface area contributed by atoms with Gasteiger partial charge in [0.15, 0.2) is 0 Å². The maximum absolute atomic E-state index is 6.25. The zero-order valence-electron chi connectivity index (χ0n) is 12.6. The molecule has 1 aromatic heterocycles. The van der Waals surface area contributed by atoms with Gasteiger partial charge in [-0.15, -0.1) is 0 Å². The zero-order chi connectivity index (χ0) is 14.3. The van der Waals surface area contributed by atoms with Crippen LogP contribution in [0.5, 0.6) is 0 Å². The van der Waals surface area contributed by atoms with Gasteiger partial charge in [0.05, 0.1) is 5.69 Å². The number of aromatic nitrogens is 2. The molecular formula is C15H24ClN3. The predicted molar refractivity (Wildman–Crippen MR) is 80.8 cm³/mol. The van der Waals surface area contributed by atoms with Crippen molar-refractivity contribution in [2.75, 3.05) is 5.32 Å². The van der Waals surface area contributed by atoms with E-state index in [1.54, 1.807) is 0 Å². The fourth-order valence-corrected chi connectivity index (χ4v) is 3.40. The second-order valence-electron chi connectivity index (χ2n) is 7.36. The first-order valence-corrected chi connectivity index (χ1v) is 7.38. The van der Waals surface area contributed by atoms with E-state index in [1.807, 2.05) is 0 Å². The molecule has 0 saturated heterocycles. The third kappa shape index (κ3) is 3.82. The third-order valence-electron chi connectivity index (χ3n) is 3.31. The molecule has 4 heteroatoms. The fourth-order valence-electron chi connectivity index (χ4n) is 3.12. The minimum absolute atomic E-state index is 0.0472. The number of nitrogens with zero attached hydrogens (tertiary/aromatic N) is 2. The molecule has 0 radical (unpaired) electrons. The number of fused-ring (bicyclic) bond motifs is 1. The van der Waals surface area contributed by atoms with Crippen LogP contribution in [-0.2, 0) is 12.8 Å². The minimum Gasteiger partial charge on any atom is -0.349 e. The van der Waals surface area contributed by atoms with E-state index in [1.165, 1.54) is 0 Å². The van der Waals surface area contributed by atoms with Gasteiger partial charge in [0.25, 0.3) is 0 Å². The van der Waals surface area contributed by atoms with Crippen LogP contribution in [-0.4, -0.2) is 15.5 Å². The smallest absolute Gasteiger partial charge is 0.224 e. The van der Waals surface area contributed by atoms with E-state index in [-0.39, 0.29) is 11.0 Å². The summed E-state index contributed by atoms with van der Waals surface area (Å²) in [6.45, 7) is 11.1. The maximum Gasteiger partial charge on any atom is 0.224 e. The molecule has 3 nitrogen and oxygen atoms in total. The van der Waals surface area contributed by atoms with Crippen LogP contribution in [0.15, 0.2) is 0 Å². The Kier molecular flexibility index (Phi) is 3.78. The number of rotatable bonds is 3. The van der Waals surface area contributed by atoms with Crippen molar-refractivity contribution in [2.24, 2.45) is 5.41 Å². The van der Waals surface area contributed by atoms with Crippen LogP contribution in [0.2, 0.25) is 5.15 Å². The van der Waals surface area contributed by atoms with Gasteiger partial charge in [-0.25, -0.2) is 9.97 Å². The SMILES string of the molecule is CC(C)(C)CC(C)(C)Nc1nc(Cl)c2c(n1)CCC2. The van der Waals surface area contributed by atoms with Crippen LogP contribution in [0.25, 0.3) is 0 Å². The molecule has 0 aromatic carbocycles. The quantitative estimate of drug-likeness (QED) is 0.842. The number of halogens is 1. The van der Waals surface area contributed by atoms with Crippen molar-refractivity contribution in [2.45, 2.75) is 65.8 Å². The third-order valence-corrected chi connectivity index (χ3v) is 3.62. The Balaban J connectivity index is 2.18. The molecule has 0 saturated carbocycles. The molecule has 0 unspecified atom stereocenters. The van der Waals surface area contributed by atoms with E-state index in [0.717, 1.165) is 36.9 Å². The lowest BCUT2D eigenvalue weighted by Crippen LogP contribution is -2.36. The molecule has 0 spiro atoms. The molecule has 1 aromatic rings. The van der Waals surface area contributed by atoms with E-state index >= 15 is 0 Å². The molecular weight excluding hydrogens is 258 g/mol. The molecule has 0 bridgehead atoms. The van der Waals surface area contributed by atoms with Gasteiger partial charge < -0.3 is 5.32 Å². The van der Waals surface area contributed by atoms with Gasteiger partial charge in [-0.05, 0) is 44.9 Å². The first-order valence-electron chi connectivity index (χ1n) is 7.00. The van der Waals surface area contributed by atoms with Crippen LogP contribution in [0.1, 0.15) is 58.7 Å². The van der Waals surface area contributed by atoms with Gasteiger partial charge in [-0.1, -0.05) is 32.4 Å². The zero-order valence-corrected chi connectivity index (χ0v) is 13.4. The summed E-state index contributed by atoms with van der Waals surface area (Å²) in [5, 5.41) is 4.06. The molecule has 0 amide bonds. The summed E-state index contributed by atoms with van der Waals surface area (Å²) < 4.78 is 0. The average Bonchev–Trinajstić information content (AvgIpc) is 2.60. The van der Waals surface area contributed by atoms with Gasteiger partial charge in [0.1, 0.15) is 5.15 Å². The molecule has 2 rings (SSSR count). The standard InChI is InChI=1S/C15H24ClN3/c1-14(2,3)9-15(4,5)19-13-17-11-8-6-7-10(11)12(16)18-13/h6-9H2,1-5H3,(H,17,18,19). The summed E-state index contributed by atoms with van der Waals surface area (Å²) in [4.78, 5) is 9.03. The van der Waals surface area contributed by atoms with Crippen molar-refractivity contribution in [3.05, 3.63) is 16.4 Å². The summed E-state index contributed by atoms with van der Waals surface area (Å²) in [5.74, 6) is 0.667. The lowest BCUT2D eigenvalue weighted by Gasteiger charge is -2.33. The first-order chi connectivity index (χ1) is 8.66. The summed E-state index contributed by atoms with van der Waals surface area (Å²) in [6.07, 6.45) is 4.21. The van der Waals surface area contributed by atoms with E-state index in [9.17, 15) is 0 Å². The number of anilines is 1. The average molecular weight is 282 g/mol. The Bertz CT molecular complexity index is 475. The van der Waals surface area contributed by atoms with Crippen LogP contribution < -0.4 is 5.32 Å².